The zero-order chi connectivity index (χ0) is 20.5. The van der Waals surface area contributed by atoms with Crippen LogP contribution in [0.5, 0.6) is 0 Å². The second kappa shape index (κ2) is 10.6. The summed E-state index contributed by atoms with van der Waals surface area (Å²) >= 11 is 5.81. The van der Waals surface area contributed by atoms with Crippen LogP contribution in [0.2, 0.25) is 5.15 Å². The molecule has 3 aromatic rings. The summed E-state index contributed by atoms with van der Waals surface area (Å²) in [7, 11) is 0. The average molecular weight is 415 g/mol. The van der Waals surface area contributed by atoms with E-state index in [1.165, 1.54) is 12.1 Å². The summed E-state index contributed by atoms with van der Waals surface area (Å²) < 4.78 is 14.8. The third kappa shape index (κ3) is 6.57. The second-order valence-corrected chi connectivity index (χ2v) is 6.79. The molecule has 0 fully saturated rings. The number of halogens is 2. The number of pyridine rings is 1. The Labute approximate surface area is 174 Å². The van der Waals surface area contributed by atoms with Crippen LogP contribution in [0.1, 0.15) is 18.2 Å². The Kier molecular flexibility index (Phi) is 7.58. The van der Waals surface area contributed by atoms with Crippen molar-refractivity contribution < 1.29 is 4.39 Å². The fourth-order valence-corrected chi connectivity index (χ4v) is 2.85. The molecule has 0 unspecified atom stereocenters. The van der Waals surface area contributed by atoms with Crippen molar-refractivity contribution in [1.29, 1.82) is 0 Å². The van der Waals surface area contributed by atoms with E-state index < -0.39 is 0 Å². The molecule has 1 aromatic carbocycles. The quantitative estimate of drug-likeness (QED) is 0.337. The molecule has 0 amide bonds. The lowest BCUT2D eigenvalue weighted by Crippen LogP contribution is -2.38. The highest BCUT2D eigenvalue weighted by Gasteiger charge is 2.03. The second-order valence-electron chi connectivity index (χ2n) is 6.40. The summed E-state index contributed by atoms with van der Waals surface area (Å²) in [5.74, 6) is 0.513. The Bertz CT molecular complexity index is 921. The zero-order valence-corrected chi connectivity index (χ0v) is 17.0. The van der Waals surface area contributed by atoms with Crippen molar-refractivity contribution in [3.8, 4) is 5.69 Å². The van der Waals surface area contributed by atoms with E-state index in [1.54, 1.807) is 29.1 Å². The van der Waals surface area contributed by atoms with Gasteiger partial charge in [0.15, 0.2) is 5.96 Å². The molecule has 2 heterocycles. The van der Waals surface area contributed by atoms with Crippen LogP contribution in [0.15, 0.2) is 59.9 Å². The summed E-state index contributed by atoms with van der Waals surface area (Å²) in [6.45, 7) is 4.17. The van der Waals surface area contributed by atoms with Crippen molar-refractivity contribution in [2.24, 2.45) is 4.99 Å². The maximum absolute atomic E-state index is 13.0. The number of nitrogens with one attached hydrogen (secondary N) is 2. The predicted octanol–water partition coefficient (Wildman–Crippen LogP) is 3.40. The molecule has 0 saturated heterocycles. The van der Waals surface area contributed by atoms with Crippen molar-refractivity contribution in [3.63, 3.8) is 0 Å². The van der Waals surface area contributed by atoms with Crippen molar-refractivity contribution in [2.45, 2.75) is 19.8 Å². The monoisotopic (exact) mass is 414 g/mol. The van der Waals surface area contributed by atoms with Crippen molar-refractivity contribution in [2.75, 3.05) is 19.6 Å². The van der Waals surface area contributed by atoms with Crippen LogP contribution in [0.25, 0.3) is 5.69 Å². The van der Waals surface area contributed by atoms with Gasteiger partial charge < -0.3 is 10.6 Å². The topological polar surface area (TPSA) is 67.1 Å². The summed E-state index contributed by atoms with van der Waals surface area (Å²) in [5, 5.41) is 11.6. The Hall–Kier alpha value is -2.93. The average Bonchev–Trinajstić information content (AvgIpc) is 3.19. The maximum atomic E-state index is 13.0. The first-order valence-electron chi connectivity index (χ1n) is 9.57. The van der Waals surface area contributed by atoms with E-state index in [2.05, 4.69) is 25.7 Å². The van der Waals surface area contributed by atoms with Gasteiger partial charge in [-0.15, -0.1) is 0 Å². The number of hydrogen-bond donors (Lipinski definition) is 2. The van der Waals surface area contributed by atoms with Gasteiger partial charge >= 0.3 is 0 Å². The van der Waals surface area contributed by atoms with E-state index in [4.69, 9.17) is 11.6 Å². The predicted molar refractivity (Wildman–Crippen MR) is 114 cm³/mol. The van der Waals surface area contributed by atoms with Gasteiger partial charge in [0.1, 0.15) is 11.0 Å². The molecule has 29 heavy (non-hydrogen) atoms. The molecule has 0 radical (unpaired) electrons. The third-order valence-electron chi connectivity index (χ3n) is 4.21. The number of rotatable bonds is 8. The molecule has 0 saturated carbocycles. The first-order chi connectivity index (χ1) is 14.1. The molecule has 6 nitrogen and oxygen atoms in total. The minimum absolute atomic E-state index is 0.258. The van der Waals surface area contributed by atoms with Gasteiger partial charge in [-0.1, -0.05) is 17.7 Å². The minimum atomic E-state index is -0.258. The molecule has 2 N–H and O–H groups in total. The standard InChI is InChI=1S/C21H24ClFN6/c1-2-24-21(25-12-9-16-3-8-20(22)27-15-16)26-13-10-18-11-14-29(28-18)19-6-4-17(23)5-7-19/h3-8,11,14-15H,2,9-10,12-13H2,1H3,(H2,24,25,26). The molecule has 0 aliphatic carbocycles. The molecular formula is C21H24ClFN6. The Morgan fingerprint density at radius 2 is 1.93 bits per heavy atom. The van der Waals surface area contributed by atoms with Crippen LogP contribution in [0.4, 0.5) is 4.39 Å². The zero-order valence-electron chi connectivity index (χ0n) is 16.3. The molecule has 2 aromatic heterocycles. The largest absolute Gasteiger partial charge is 0.357 e. The van der Waals surface area contributed by atoms with Crippen LogP contribution < -0.4 is 10.6 Å². The Morgan fingerprint density at radius 1 is 1.10 bits per heavy atom. The molecule has 0 bridgehead atoms. The van der Waals surface area contributed by atoms with Gasteiger partial charge in [0.2, 0.25) is 0 Å². The van der Waals surface area contributed by atoms with E-state index in [0.29, 0.717) is 18.1 Å². The van der Waals surface area contributed by atoms with Gasteiger partial charge in [-0.25, -0.2) is 14.1 Å². The number of aromatic nitrogens is 3. The summed E-state index contributed by atoms with van der Waals surface area (Å²) in [6, 6.07) is 12.0. The number of aliphatic imine (C=N–C) groups is 1. The normalized spacial score (nSPS) is 11.5. The van der Waals surface area contributed by atoms with E-state index in [0.717, 1.165) is 42.4 Å². The summed E-state index contributed by atoms with van der Waals surface area (Å²) in [4.78, 5) is 8.70. The summed E-state index contributed by atoms with van der Waals surface area (Å²) in [5.41, 5.74) is 2.87. The van der Waals surface area contributed by atoms with E-state index in [9.17, 15) is 4.39 Å². The van der Waals surface area contributed by atoms with Gasteiger partial charge in [-0.05, 0) is 55.3 Å². The SMILES string of the molecule is CCNC(=NCCc1ccn(-c2ccc(F)cc2)n1)NCCc1ccc(Cl)nc1. The van der Waals surface area contributed by atoms with Crippen LogP contribution in [-0.4, -0.2) is 40.4 Å². The highest BCUT2D eigenvalue weighted by Crippen LogP contribution is 2.09. The lowest BCUT2D eigenvalue weighted by molar-refractivity contribution is 0.627. The molecule has 152 valence electrons. The number of hydrogen-bond acceptors (Lipinski definition) is 3. The first kappa shape index (κ1) is 20.8. The van der Waals surface area contributed by atoms with Gasteiger partial charge in [0.25, 0.3) is 0 Å². The van der Waals surface area contributed by atoms with Gasteiger partial charge in [-0.3, -0.25) is 4.99 Å². The van der Waals surface area contributed by atoms with E-state index >= 15 is 0 Å². The summed E-state index contributed by atoms with van der Waals surface area (Å²) in [6.07, 6.45) is 5.20. The molecular weight excluding hydrogens is 391 g/mol. The van der Waals surface area contributed by atoms with Crippen LogP contribution in [0.3, 0.4) is 0 Å². The number of nitrogens with zero attached hydrogens (tertiary/aromatic N) is 4. The maximum Gasteiger partial charge on any atom is 0.191 e. The van der Waals surface area contributed by atoms with Crippen molar-refractivity contribution in [3.05, 3.63) is 77.1 Å². The van der Waals surface area contributed by atoms with Gasteiger partial charge in [0, 0.05) is 38.4 Å². The molecule has 0 atom stereocenters. The third-order valence-corrected chi connectivity index (χ3v) is 4.44. The van der Waals surface area contributed by atoms with E-state index in [-0.39, 0.29) is 5.82 Å². The number of guanidine groups is 1. The smallest absolute Gasteiger partial charge is 0.191 e. The lowest BCUT2D eigenvalue weighted by atomic mass is 10.2. The van der Waals surface area contributed by atoms with Gasteiger partial charge in [-0.2, -0.15) is 5.10 Å². The Balaban J connectivity index is 1.49. The lowest BCUT2D eigenvalue weighted by Gasteiger charge is -2.11. The van der Waals surface area contributed by atoms with E-state index in [1.807, 2.05) is 25.3 Å². The molecule has 0 aliphatic heterocycles. The fourth-order valence-electron chi connectivity index (χ4n) is 2.74. The molecule has 0 spiro atoms. The highest BCUT2D eigenvalue weighted by molar-refractivity contribution is 6.29. The number of benzene rings is 1. The first-order valence-corrected chi connectivity index (χ1v) is 9.95. The van der Waals surface area contributed by atoms with Crippen molar-refractivity contribution >= 4 is 17.6 Å². The molecule has 0 aliphatic rings. The minimum Gasteiger partial charge on any atom is -0.357 e. The van der Waals surface area contributed by atoms with Crippen LogP contribution in [-0.2, 0) is 12.8 Å². The Morgan fingerprint density at radius 3 is 2.66 bits per heavy atom. The van der Waals surface area contributed by atoms with Gasteiger partial charge in [0.05, 0.1) is 11.4 Å². The molecule has 8 heteroatoms. The van der Waals surface area contributed by atoms with Crippen LogP contribution >= 0.6 is 11.6 Å². The van der Waals surface area contributed by atoms with Crippen LogP contribution in [0, 0.1) is 5.82 Å². The highest BCUT2D eigenvalue weighted by atomic mass is 35.5. The fraction of sp³-hybridized carbons (Fsp3) is 0.286. The van der Waals surface area contributed by atoms with Crippen molar-refractivity contribution in [1.82, 2.24) is 25.4 Å². The molecule has 3 rings (SSSR count).